The fourth-order valence-electron chi connectivity index (χ4n) is 3.92. The number of carbonyl (C=O) groups is 2. The molecule has 4 rings (SSSR count). The van der Waals surface area contributed by atoms with Gasteiger partial charge in [-0.25, -0.2) is 4.39 Å². The third-order valence-electron chi connectivity index (χ3n) is 5.80. The van der Waals surface area contributed by atoms with Crippen LogP contribution in [0.3, 0.4) is 0 Å². The number of carbonyl (C=O) groups excluding carboxylic acids is 2. The Hall–Kier alpha value is -3.32. The van der Waals surface area contributed by atoms with E-state index in [1.165, 1.54) is 24.3 Å². The van der Waals surface area contributed by atoms with Crippen molar-refractivity contribution in [2.45, 2.75) is 31.8 Å². The van der Waals surface area contributed by atoms with Gasteiger partial charge in [-0.05, 0) is 68.3 Å². The van der Waals surface area contributed by atoms with E-state index in [-0.39, 0.29) is 29.7 Å². The van der Waals surface area contributed by atoms with Crippen LogP contribution in [0.4, 0.5) is 10.1 Å². The summed E-state index contributed by atoms with van der Waals surface area (Å²) in [6.07, 6.45) is 3.24. The molecule has 2 heterocycles. The maximum atomic E-state index is 13.0. The highest BCUT2D eigenvalue weighted by Gasteiger charge is 2.27. The number of piperidine rings is 1. The van der Waals surface area contributed by atoms with E-state index in [4.69, 9.17) is 0 Å². The molecule has 1 aliphatic rings. The summed E-state index contributed by atoms with van der Waals surface area (Å²) in [5.74, 6) is -0.629. The second-order valence-corrected chi connectivity index (χ2v) is 7.83. The SMILES string of the molecule is CC(C(=O)Nc1cccc2ncccc12)N1CCC(NC(=O)c2ccc(F)cc2)CC1. The van der Waals surface area contributed by atoms with Gasteiger partial charge in [-0.2, -0.15) is 0 Å². The number of amides is 2. The van der Waals surface area contributed by atoms with Crippen molar-refractivity contribution in [2.75, 3.05) is 18.4 Å². The van der Waals surface area contributed by atoms with Crippen LogP contribution in [-0.2, 0) is 4.79 Å². The van der Waals surface area contributed by atoms with Gasteiger partial charge in [-0.3, -0.25) is 19.5 Å². The van der Waals surface area contributed by atoms with Crippen LogP contribution >= 0.6 is 0 Å². The number of nitrogens with one attached hydrogen (secondary N) is 2. The lowest BCUT2D eigenvalue weighted by Gasteiger charge is -2.35. The maximum absolute atomic E-state index is 13.0. The monoisotopic (exact) mass is 420 g/mol. The lowest BCUT2D eigenvalue weighted by Crippen LogP contribution is -2.50. The Morgan fingerprint density at radius 3 is 2.55 bits per heavy atom. The van der Waals surface area contributed by atoms with Crippen LogP contribution in [0.15, 0.2) is 60.8 Å². The first-order chi connectivity index (χ1) is 15.0. The fraction of sp³-hybridized carbons (Fsp3) is 0.292. The van der Waals surface area contributed by atoms with Crippen molar-refractivity contribution in [3.05, 3.63) is 72.2 Å². The number of rotatable bonds is 5. The molecular formula is C24H25FN4O2. The van der Waals surface area contributed by atoms with Gasteiger partial charge < -0.3 is 10.6 Å². The molecule has 1 aromatic heterocycles. The minimum absolute atomic E-state index is 0.0354. The molecule has 1 saturated heterocycles. The van der Waals surface area contributed by atoms with Crippen molar-refractivity contribution >= 4 is 28.4 Å². The Bertz CT molecular complexity index is 1070. The Morgan fingerprint density at radius 2 is 1.81 bits per heavy atom. The second kappa shape index (κ2) is 9.22. The molecule has 1 fully saturated rings. The first-order valence-electron chi connectivity index (χ1n) is 10.5. The molecule has 2 aromatic carbocycles. The highest BCUT2D eigenvalue weighted by Crippen LogP contribution is 2.22. The topological polar surface area (TPSA) is 74.3 Å². The van der Waals surface area contributed by atoms with Gasteiger partial charge in [0.2, 0.25) is 5.91 Å². The summed E-state index contributed by atoms with van der Waals surface area (Å²) < 4.78 is 13.0. The number of benzene rings is 2. The van der Waals surface area contributed by atoms with Crippen LogP contribution in [-0.4, -0.2) is 46.9 Å². The van der Waals surface area contributed by atoms with Crippen LogP contribution in [0, 0.1) is 5.82 Å². The van der Waals surface area contributed by atoms with Crippen molar-refractivity contribution in [1.29, 1.82) is 0 Å². The van der Waals surface area contributed by atoms with E-state index in [9.17, 15) is 14.0 Å². The summed E-state index contributed by atoms with van der Waals surface area (Å²) in [5, 5.41) is 6.95. The van der Waals surface area contributed by atoms with Gasteiger partial charge in [-0.1, -0.05) is 6.07 Å². The third kappa shape index (κ3) is 4.88. The summed E-state index contributed by atoms with van der Waals surface area (Å²) in [6.45, 7) is 3.32. The Balaban J connectivity index is 1.31. The lowest BCUT2D eigenvalue weighted by molar-refractivity contribution is -0.121. The summed E-state index contributed by atoms with van der Waals surface area (Å²) >= 11 is 0. The van der Waals surface area contributed by atoms with E-state index >= 15 is 0 Å². The van der Waals surface area contributed by atoms with E-state index in [0.29, 0.717) is 18.7 Å². The van der Waals surface area contributed by atoms with Crippen molar-refractivity contribution in [2.24, 2.45) is 0 Å². The van der Waals surface area contributed by atoms with Crippen LogP contribution in [0.2, 0.25) is 0 Å². The number of anilines is 1. The fourth-order valence-corrected chi connectivity index (χ4v) is 3.92. The van der Waals surface area contributed by atoms with Gasteiger partial charge in [-0.15, -0.1) is 0 Å². The molecule has 0 spiro atoms. The van der Waals surface area contributed by atoms with Gasteiger partial charge in [0.05, 0.1) is 17.2 Å². The Labute approximate surface area is 180 Å². The normalized spacial score (nSPS) is 16.1. The van der Waals surface area contributed by atoms with E-state index < -0.39 is 0 Å². The van der Waals surface area contributed by atoms with E-state index in [0.717, 1.165) is 29.4 Å². The smallest absolute Gasteiger partial charge is 0.251 e. The van der Waals surface area contributed by atoms with Gasteiger partial charge in [0, 0.05) is 36.3 Å². The average Bonchev–Trinajstić information content (AvgIpc) is 2.80. The van der Waals surface area contributed by atoms with Crippen molar-refractivity contribution in [3.63, 3.8) is 0 Å². The first-order valence-corrected chi connectivity index (χ1v) is 10.5. The Morgan fingerprint density at radius 1 is 1.06 bits per heavy atom. The van der Waals surface area contributed by atoms with Crippen molar-refractivity contribution in [3.8, 4) is 0 Å². The van der Waals surface area contributed by atoms with E-state index in [1.54, 1.807) is 6.20 Å². The third-order valence-corrected chi connectivity index (χ3v) is 5.80. The molecule has 1 aliphatic heterocycles. The van der Waals surface area contributed by atoms with Gasteiger partial charge in [0.1, 0.15) is 5.82 Å². The zero-order valence-corrected chi connectivity index (χ0v) is 17.3. The number of fused-ring (bicyclic) bond motifs is 1. The quantitative estimate of drug-likeness (QED) is 0.662. The van der Waals surface area contributed by atoms with Crippen LogP contribution in [0.5, 0.6) is 0 Å². The molecule has 0 saturated carbocycles. The number of aromatic nitrogens is 1. The number of halogens is 1. The molecule has 1 unspecified atom stereocenters. The van der Waals surface area contributed by atoms with Gasteiger partial charge >= 0.3 is 0 Å². The second-order valence-electron chi connectivity index (χ2n) is 7.83. The summed E-state index contributed by atoms with van der Waals surface area (Å²) in [6, 6.07) is 14.7. The summed E-state index contributed by atoms with van der Waals surface area (Å²) in [5.41, 5.74) is 2.04. The highest BCUT2D eigenvalue weighted by atomic mass is 19.1. The molecular weight excluding hydrogens is 395 g/mol. The van der Waals surface area contributed by atoms with Crippen molar-refractivity contribution in [1.82, 2.24) is 15.2 Å². The summed E-state index contributed by atoms with van der Waals surface area (Å²) in [4.78, 5) is 31.6. The zero-order valence-electron chi connectivity index (χ0n) is 17.3. The molecule has 6 nitrogen and oxygen atoms in total. The number of pyridine rings is 1. The van der Waals surface area contributed by atoms with Gasteiger partial charge in [0.15, 0.2) is 0 Å². The first kappa shape index (κ1) is 20.9. The zero-order chi connectivity index (χ0) is 21.8. The maximum Gasteiger partial charge on any atom is 0.251 e. The molecule has 2 amide bonds. The molecule has 2 N–H and O–H groups in total. The lowest BCUT2D eigenvalue weighted by atomic mass is 10.0. The molecule has 0 radical (unpaired) electrons. The standard InChI is InChI=1S/C24H25FN4O2/c1-16(23(30)28-22-6-2-5-21-20(22)4-3-13-26-21)29-14-11-19(12-15-29)27-24(31)17-7-9-18(25)10-8-17/h2-10,13,16,19H,11-12,14-15H2,1H3,(H,27,31)(H,28,30). The average molecular weight is 420 g/mol. The number of nitrogens with zero attached hydrogens (tertiary/aromatic N) is 2. The van der Waals surface area contributed by atoms with E-state index in [2.05, 4.69) is 20.5 Å². The summed E-state index contributed by atoms with van der Waals surface area (Å²) in [7, 11) is 0. The number of hydrogen-bond acceptors (Lipinski definition) is 4. The number of likely N-dealkylation sites (tertiary alicyclic amines) is 1. The molecule has 0 bridgehead atoms. The molecule has 160 valence electrons. The van der Waals surface area contributed by atoms with E-state index in [1.807, 2.05) is 37.3 Å². The molecule has 31 heavy (non-hydrogen) atoms. The minimum atomic E-state index is -0.364. The number of hydrogen-bond donors (Lipinski definition) is 2. The molecule has 3 aromatic rings. The highest BCUT2D eigenvalue weighted by molar-refractivity contribution is 6.02. The van der Waals surface area contributed by atoms with Crippen LogP contribution < -0.4 is 10.6 Å². The molecule has 0 aliphatic carbocycles. The molecule has 7 heteroatoms. The van der Waals surface area contributed by atoms with Crippen LogP contribution in [0.25, 0.3) is 10.9 Å². The predicted octanol–water partition coefficient (Wildman–Crippen LogP) is 3.60. The molecule has 1 atom stereocenters. The van der Waals surface area contributed by atoms with Gasteiger partial charge in [0.25, 0.3) is 5.91 Å². The predicted molar refractivity (Wildman–Crippen MR) is 118 cm³/mol. The largest absolute Gasteiger partial charge is 0.349 e. The van der Waals surface area contributed by atoms with Crippen molar-refractivity contribution < 1.29 is 14.0 Å². The minimum Gasteiger partial charge on any atom is -0.349 e. The van der Waals surface area contributed by atoms with Crippen LogP contribution in [0.1, 0.15) is 30.1 Å². The Kier molecular flexibility index (Phi) is 6.23.